The summed E-state index contributed by atoms with van der Waals surface area (Å²) < 4.78 is 0. The molecule has 0 amide bonds. The molecule has 1 aromatic rings. The van der Waals surface area contributed by atoms with Crippen LogP contribution in [0.15, 0.2) is 5.38 Å². The van der Waals surface area contributed by atoms with Crippen LogP contribution in [0.3, 0.4) is 0 Å². The van der Waals surface area contributed by atoms with Gasteiger partial charge in [0.2, 0.25) is 0 Å². The van der Waals surface area contributed by atoms with E-state index in [1.165, 1.54) is 36.4 Å². The van der Waals surface area contributed by atoms with Gasteiger partial charge in [-0.05, 0) is 19.8 Å². The minimum atomic E-state index is 0.610. The molecule has 0 aromatic carbocycles. The third kappa shape index (κ3) is 5.08. The van der Waals surface area contributed by atoms with Crippen molar-refractivity contribution in [2.45, 2.75) is 65.5 Å². The lowest BCUT2D eigenvalue weighted by molar-refractivity contribution is 0.484. The van der Waals surface area contributed by atoms with Gasteiger partial charge in [-0.2, -0.15) is 0 Å². The van der Waals surface area contributed by atoms with Crippen molar-refractivity contribution in [2.24, 2.45) is 0 Å². The molecule has 92 valence electrons. The Bertz CT molecular complexity index is 283. The first kappa shape index (κ1) is 13.7. The van der Waals surface area contributed by atoms with Gasteiger partial charge in [0.25, 0.3) is 0 Å². The fourth-order valence-electron chi connectivity index (χ4n) is 1.67. The summed E-state index contributed by atoms with van der Waals surface area (Å²) in [4.78, 5) is 4.55. The summed E-state index contributed by atoms with van der Waals surface area (Å²) in [6.07, 6.45) is 6.32. The molecule has 1 rings (SSSR count). The Kier molecular flexibility index (Phi) is 6.65. The lowest BCUT2D eigenvalue weighted by atomic mass is 10.1. The Hall–Kier alpha value is -0.410. The summed E-state index contributed by atoms with van der Waals surface area (Å²) >= 11 is 1.77. The molecule has 0 bridgehead atoms. The summed E-state index contributed by atoms with van der Waals surface area (Å²) in [5.41, 5.74) is 1.20. The second-order valence-electron chi connectivity index (χ2n) is 4.36. The van der Waals surface area contributed by atoms with Crippen LogP contribution in [-0.4, -0.2) is 11.0 Å². The third-order valence-corrected chi connectivity index (χ3v) is 3.82. The lowest BCUT2D eigenvalue weighted by Crippen LogP contribution is -2.25. The molecule has 0 aliphatic heterocycles. The van der Waals surface area contributed by atoms with Crippen LogP contribution >= 0.6 is 11.3 Å². The Labute approximate surface area is 103 Å². The number of nitrogens with one attached hydrogen (secondary N) is 1. The van der Waals surface area contributed by atoms with Gasteiger partial charge in [0.1, 0.15) is 0 Å². The quantitative estimate of drug-likeness (QED) is 0.700. The number of hydrogen-bond donors (Lipinski definition) is 1. The fraction of sp³-hybridized carbons (Fsp3) is 0.769. The normalized spacial score (nSPS) is 12.9. The van der Waals surface area contributed by atoms with E-state index >= 15 is 0 Å². The van der Waals surface area contributed by atoms with E-state index in [4.69, 9.17) is 0 Å². The molecule has 16 heavy (non-hydrogen) atoms. The Morgan fingerprint density at radius 2 is 2.19 bits per heavy atom. The highest BCUT2D eigenvalue weighted by Crippen LogP contribution is 2.10. The summed E-state index contributed by atoms with van der Waals surface area (Å²) in [5, 5.41) is 6.96. The molecule has 0 fully saturated rings. The maximum atomic E-state index is 4.55. The number of thiazole rings is 1. The van der Waals surface area contributed by atoms with Gasteiger partial charge >= 0.3 is 0 Å². The minimum Gasteiger partial charge on any atom is -0.309 e. The molecule has 2 nitrogen and oxygen atoms in total. The van der Waals surface area contributed by atoms with E-state index in [0.717, 1.165) is 13.0 Å². The average molecular weight is 240 g/mol. The van der Waals surface area contributed by atoms with Crippen molar-refractivity contribution in [3.63, 3.8) is 0 Å². The summed E-state index contributed by atoms with van der Waals surface area (Å²) in [6.45, 7) is 7.59. The van der Waals surface area contributed by atoms with Crippen molar-refractivity contribution < 1.29 is 0 Å². The van der Waals surface area contributed by atoms with Gasteiger partial charge in [0.05, 0.1) is 10.7 Å². The zero-order valence-electron chi connectivity index (χ0n) is 10.8. The molecule has 1 atom stereocenters. The number of rotatable bonds is 8. The highest BCUT2D eigenvalue weighted by Gasteiger charge is 2.03. The Balaban J connectivity index is 2.18. The minimum absolute atomic E-state index is 0.610. The molecule has 0 saturated heterocycles. The monoisotopic (exact) mass is 240 g/mol. The fourth-order valence-corrected chi connectivity index (χ4v) is 2.42. The molecular formula is C13H24N2S. The molecular weight excluding hydrogens is 216 g/mol. The van der Waals surface area contributed by atoms with Gasteiger partial charge in [-0.25, -0.2) is 4.98 Å². The van der Waals surface area contributed by atoms with Crippen molar-refractivity contribution in [1.82, 2.24) is 10.3 Å². The predicted octanol–water partition coefficient (Wildman–Crippen LogP) is 3.76. The lowest BCUT2D eigenvalue weighted by Gasteiger charge is -2.12. The van der Waals surface area contributed by atoms with Gasteiger partial charge in [-0.15, -0.1) is 11.3 Å². The SMILES string of the molecule is CCCCCC(C)NCc1csc(CC)n1. The van der Waals surface area contributed by atoms with E-state index in [0.29, 0.717) is 6.04 Å². The van der Waals surface area contributed by atoms with Crippen LogP contribution in [0.1, 0.15) is 57.2 Å². The standard InChI is InChI=1S/C13H24N2S/c1-4-6-7-8-11(3)14-9-12-10-16-13(5-2)15-12/h10-11,14H,4-9H2,1-3H3. The first-order valence-corrected chi connectivity index (χ1v) is 7.30. The zero-order chi connectivity index (χ0) is 11.8. The van der Waals surface area contributed by atoms with Crippen LogP contribution in [-0.2, 0) is 13.0 Å². The smallest absolute Gasteiger partial charge is 0.0926 e. The second kappa shape index (κ2) is 7.80. The number of nitrogens with zero attached hydrogens (tertiary/aromatic N) is 1. The molecule has 0 aliphatic rings. The van der Waals surface area contributed by atoms with Crippen LogP contribution in [0.5, 0.6) is 0 Å². The first-order valence-electron chi connectivity index (χ1n) is 6.42. The first-order chi connectivity index (χ1) is 7.76. The van der Waals surface area contributed by atoms with Crippen molar-refractivity contribution in [3.8, 4) is 0 Å². The van der Waals surface area contributed by atoms with Gasteiger partial charge in [0, 0.05) is 18.0 Å². The van der Waals surface area contributed by atoms with E-state index in [9.17, 15) is 0 Å². The van der Waals surface area contributed by atoms with E-state index in [-0.39, 0.29) is 0 Å². The van der Waals surface area contributed by atoms with Crippen molar-refractivity contribution in [2.75, 3.05) is 0 Å². The average Bonchev–Trinajstić information content (AvgIpc) is 2.74. The molecule has 1 aromatic heterocycles. The molecule has 0 spiro atoms. The molecule has 3 heteroatoms. The van der Waals surface area contributed by atoms with Gasteiger partial charge in [-0.1, -0.05) is 33.1 Å². The molecule has 1 N–H and O–H groups in total. The predicted molar refractivity (Wildman–Crippen MR) is 71.9 cm³/mol. The number of aryl methyl sites for hydroxylation is 1. The van der Waals surface area contributed by atoms with Crippen LogP contribution in [0.4, 0.5) is 0 Å². The summed E-state index contributed by atoms with van der Waals surface area (Å²) in [5.74, 6) is 0. The maximum Gasteiger partial charge on any atom is 0.0926 e. The van der Waals surface area contributed by atoms with E-state index < -0.39 is 0 Å². The molecule has 0 saturated carbocycles. The van der Waals surface area contributed by atoms with E-state index in [2.05, 4.69) is 36.5 Å². The zero-order valence-corrected chi connectivity index (χ0v) is 11.6. The van der Waals surface area contributed by atoms with E-state index in [1.807, 2.05) is 0 Å². The summed E-state index contributed by atoms with van der Waals surface area (Å²) in [7, 11) is 0. The van der Waals surface area contributed by atoms with Crippen molar-refractivity contribution >= 4 is 11.3 Å². The van der Waals surface area contributed by atoms with Gasteiger partial charge < -0.3 is 5.32 Å². The largest absolute Gasteiger partial charge is 0.309 e. The van der Waals surface area contributed by atoms with Crippen molar-refractivity contribution in [3.05, 3.63) is 16.1 Å². The highest BCUT2D eigenvalue weighted by molar-refractivity contribution is 7.09. The van der Waals surface area contributed by atoms with Crippen LogP contribution < -0.4 is 5.32 Å². The molecule has 0 aliphatic carbocycles. The van der Waals surface area contributed by atoms with E-state index in [1.54, 1.807) is 11.3 Å². The van der Waals surface area contributed by atoms with Crippen LogP contribution in [0.25, 0.3) is 0 Å². The topological polar surface area (TPSA) is 24.9 Å². The summed E-state index contributed by atoms with van der Waals surface area (Å²) in [6, 6.07) is 0.610. The van der Waals surface area contributed by atoms with Crippen molar-refractivity contribution in [1.29, 1.82) is 0 Å². The van der Waals surface area contributed by atoms with Gasteiger partial charge in [-0.3, -0.25) is 0 Å². The maximum absolute atomic E-state index is 4.55. The third-order valence-electron chi connectivity index (χ3n) is 2.77. The Morgan fingerprint density at radius 1 is 1.38 bits per heavy atom. The molecule has 1 unspecified atom stereocenters. The number of hydrogen-bond acceptors (Lipinski definition) is 3. The number of aromatic nitrogens is 1. The molecule has 1 heterocycles. The highest BCUT2D eigenvalue weighted by atomic mass is 32.1. The molecule has 0 radical (unpaired) electrons. The number of unbranched alkanes of at least 4 members (excludes halogenated alkanes) is 2. The van der Waals surface area contributed by atoms with Crippen LogP contribution in [0.2, 0.25) is 0 Å². The van der Waals surface area contributed by atoms with Gasteiger partial charge in [0.15, 0.2) is 0 Å². The second-order valence-corrected chi connectivity index (χ2v) is 5.31. The van der Waals surface area contributed by atoms with Crippen LogP contribution in [0, 0.1) is 0 Å². The Morgan fingerprint density at radius 3 is 2.81 bits per heavy atom.